The van der Waals surface area contributed by atoms with Crippen molar-refractivity contribution in [2.24, 2.45) is 5.73 Å². The first-order valence-corrected chi connectivity index (χ1v) is 7.57. The molecule has 26 heavy (non-hydrogen) atoms. The van der Waals surface area contributed by atoms with Gasteiger partial charge in [-0.2, -0.15) is 13.2 Å². The molecule has 2 rings (SSSR count). The number of aliphatic hydroxyl groups is 1. The van der Waals surface area contributed by atoms with Crippen LogP contribution in [-0.2, 0) is 12.6 Å². The van der Waals surface area contributed by atoms with Gasteiger partial charge in [-0.25, -0.2) is 4.98 Å². The van der Waals surface area contributed by atoms with E-state index >= 15 is 0 Å². The molecule has 0 aliphatic carbocycles. The zero-order valence-electron chi connectivity index (χ0n) is 13.6. The molecule has 0 saturated heterocycles. The predicted molar refractivity (Wildman–Crippen MR) is 93.3 cm³/mol. The number of ether oxygens (including phenoxy) is 2. The molecule has 0 aliphatic heterocycles. The fraction of sp³-hybridized carbons (Fsp3) is 0.312. The van der Waals surface area contributed by atoms with Crippen LogP contribution in [0.3, 0.4) is 0 Å². The lowest BCUT2D eigenvalue weighted by Gasteiger charge is -2.17. The average Bonchev–Trinajstić information content (AvgIpc) is 2.56. The van der Waals surface area contributed by atoms with E-state index in [2.05, 4.69) is 4.98 Å². The van der Waals surface area contributed by atoms with E-state index in [1.54, 1.807) is 18.2 Å². The summed E-state index contributed by atoms with van der Waals surface area (Å²) in [7, 11) is 1.42. The van der Waals surface area contributed by atoms with Gasteiger partial charge in [0.25, 0.3) is 0 Å². The molecule has 2 aromatic rings. The third kappa shape index (κ3) is 5.38. The lowest BCUT2D eigenvalue weighted by atomic mass is 10.1. The second-order valence-electron chi connectivity index (χ2n) is 5.21. The molecule has 10 heteroatoms. The molecule has 1 atom stereocenters. The van der Waals surface area contributed by atoms with Crippen LogP contribution >= 0.6 is 24.0 Å². The Bertz CT molecular complexity index is 745. The number of alkyl halides is 3. The van der Waals surface area contributed by atoms with Gasteiger partial charge < -0.3 is 20.3 Å². The van der Waals surface area contributed by atoms with Crippen LogP contribution in [0.4, 0.5) is 13.2 Å². The van der Waals surface area contributed by atoms with Crippen LogP contribution in [-0.4, -0.2) is 29.8 Å². The molecule has 0 fully saturated rings. The summed E-state index contributed by atoms with van der Waals surface area (Å²) in [5.41, 5.74) is 5.36. The van der Waals surface area contributed by atoms with Crippen LogP contribution in [0.1, 0.15) is 11.1 Å². The summed E-state index contributed by atoms with van der Waals surface area (Å²) in [5.74, 6) is 0.362. The molecular weight excluding hydrogens is 396 g/mol. The fourth-order valence-electron chi connectivity index (χ4n) is 2.10. The lowest BCUT2D eigenvalue weighted by molar-refractivity contribution is -0.137. The van der Waals surface area contributed by atoms with Gasteiger partial charge in [-0.05, 0) is 18.6 Å². The van der Waals surface area contributed by atoms with Crippen molar-refractivity contribution < 1.29 is 27.8 Å². The van der Waals surface area contributed by atoms with Crippen molar-refractivity contribution in [3.63, 3.8) is 0 Å². The van der Waals surface area contributed by atoms with Crippen molar-refractivity contribution in [2.75, 3.05) is 13.7 Å². The Balaban J connectivity index is 0.00000338. The van der Waals surface area contributed by atoms with Gasteiger partial charge in [0.15, 0.2) is 11.5 Å². The number of rotatable bonds is 6. The molecule has 1 heterocycles. The summed E-state index contributed by atoms with van der Waals surface area (Å²) in [6, 6.07) is 5.21. The van der Waals surface area contributed by atoms with E-state index in [1.807, 2.05) is 0 Å². The molecular formula is C16H17Cl2F3N2O3. The normalized spacial score (nSPS) is 12.3. The van der Waals surface area contributed by atoms with E-state index in [1.165, 1.54) is 7.11 Å². The Kier molecular flexibility index (Phi) is 7.95. The molecule has 0 amide bonds. The fourth-order valence-corrected chi connectivity index (χ4v) is 2.30. The second-order valence-corrected chi connectivity index (χ2v) is 5.61. The van der Waals surface area contributed by atoms with Crippen molar-refractivity contribution in [1.82, 2.24) is 4.98 Å². The lowest BCUT2D eigenvalue weighted by Crippen LogP contribution is -2.27. The second kappa shape index (κ2) is 9.27. The molecule has 3 N–H and O–H groups in total. The van der Waals surface area contributed by atoms with Gasteiger partial charge >= 0.3 is 6.18 Å². The van der Waals surface area contributed by atoms with Crippen LogP contribution < -0.4 is 15.2 Å². The maximum absolute atomic E-state index is 12.7. The molecule has 1 aromatic heterocycles. The minimum Gasteiger partial charge on any atom is -0.493 e. The summed E-state index contributed by atoms with van der Waals surface area (Å²) in [6.07, 6.45) is -3.66. The van der Waals surface area contributed by atoms with Crippen LogP contribution in [0.15, 0.2) is 30.5 Å². The summed E-state index contributed by atoms with van der Waals surface area (Å²) < 4.78 is 48.9. The first kappa shape index (κ1) is 22.3. The van der Waals surface area contributed by atoms with Gasteiger partial charge in [0.05, 0.1) is 19.3 Å². The van der Waals surface area contributed by atoms with Gasteiger partial charge in [0.2, 0.25) is 5.88 Å². The third-order valence-corrected chi connectivity index (χ3v) is 3.60. The van der Waals surface area contributed by atoms with Gasteiger partial charge in [-0.1, -0.05) is 23.7 Å². The number of benzene rings is 1. The Hall–Kier alpha value is -1.74. The molecule has 0 saturated carbocycles. The van der Waals surface area contributed by atoms with Crippen molar-refractivity contribution in [3.8, 4) is 17.4 Å². The molecule has 0 spiro atoms. The maximum atomic E-state index is 12.7. The zero-order valence-corrected chi connectivity index (χ0v) is 15.2. The summed E-state index contributed by atoms with van der Waals surface area (Å²) >= 11 is 5.87. The molecule has 0 radical (unpaired) electrons. The first-order valence-electron chi connectivity index (χ1n) is 7.19. The monoisotopic (exact) mass is 412 g/mol. The van der Waals surface area contributed by atoms with Crippen LogP contribution in [0, 0.1) is 0 Å². The molecule has 1 unspecified atom stereocenters. The minimum atomic E-state index is -4.56. The van der Waals surface area contributed by atoms with E-state index in [-0.39, 0.29) is 42.1 Å². The van der Waals surface area contributed by atoms with Gasteiger partial charge in [0.1, 0.15) is 5.02 Å². The Morgan fingerprint density at radius 1 is 1.35 bits per heavy atom. The van der Waals surface area contributed by atoms with Crippen molar-refractivity contribution in [1.29, 1.82) is 0 Å². The molecule has 0 aliphatic rings. The topological polar surface area (TPSA) is 77.6 Å². The predicted octanol–water partition coefficient (Wildman–Crippen LogP) is 3.84. The van der Waals surface area contributed by atoms with E-state index in [9.17, 15) is 13.2 Å². The number of hydrogen-bond acceptors (Lipinski definition) is 5. The van der Waals surface area contributed by atoms with Gasteiger partial charge in [-0.3, -0.25) is 0 Å². The molecule has 1 aromatic carbocycles. The number of pyridine rings is 1. The van der Waals surface area contributed by atoms with E-state index < -0.39 is 17.8 Å². The zero-order chi connectivity index (χ0) is 18.6. The Labute approximate surface area is 159 Å². The number of nitrogens with zero attached hydrogens (tertiary/aromatic N) is 1. The average molecular weight is 413 g/mol. The number of hydrogen-bond donors (Lipinski definition) is 2. The minimum absolute atomic E-state index is 0. The quantitative estimate of drug-likeness (QED) is 0.753. The van der Waals surface area contributed by atoms with Crippen LogP contribution in [0.5, 0.6) is 17.4 Å². The van der Waals surface area contributed by atoms with Crippen LogP contribution in [0.25, 0.3) is 0 Å². The largest absolute Gasteiger partial charge is 0.493 e. The highest BCUT2D eigenvalue weighted by Gasteiger charge is 2.32. The smallest absolute Gasteiger partial charge is 0.417 e. The number of aliphatic hydroxyl groups excluding tert-OH is 1. The SMILES string of the molecule is COc1cccc(CC(N)CO)c1Oc1ncc(C(F)(F)F)cc1Cl.Cl. The third-order valence-electron chi connectivity index (χ3n) is 3.33. The highest BCUT2D eigenvalue weighted by atomic mass is 35.5. The summed E-state index contributed by atoms with van der Waals surface area (Å²) in [5, 5.41) is 8.82. The van der Waals surface area contributed by atoms with E-state index in [0.29, 0.717) is 17.5 Å². The molecule has 5 nitrogen and oxygen atoms in total. The summed E-state index contributed by atoms with van der Waals surface area (Å²) in [4.78, 5) is 3.65. The molecule has 0 bridgehead atoms. The van der Waals surface area contributed by atoms with Gasteiger partial charge in [-0.15, -0.1) is 12.4 Å². The van der Waals surface area contributed by atoms with Crippen molar-refractivity contribution in [2.45, 2.75) is 18.6 Å². The van der Waals surface area contributed by atoms with Gasteiger partial charge in [0, 0.05) is 17.8 Å². The summed E-state index contributed by atoms with van der Waals surface area (Å²) in [6.45, 7) is -0.240. The number of aromatic nitrogens is 1. The highest BCUT2D eigenvalue weighted by molar-refractivity contribution is 6.31. The first-order chi connectivity index (χ1) is 11.8. The number of nitrogens with two attached hydrogens (primary N) is 1. The Morgan fingerprint density at radius 2 is 2.04 bits per heavy atom. The number of para-hydroxylation sites is 1. The maximum Gasteiger partial charge on any atom is 0.417 e. The Morgan fingerprint density at radius 3 is 2.58 bits per heavy atom. The van der Waals surface area contributed by atoms with Crippen LogP contribution in [0.2, 0.25) is 5.02 Å². The van der Waals surface area contributed by atoms with Crippen molar-refractivity contribution >= 4 is 24.0 Å². The number of methoxy groups -OCH3 is 1. The molecule has 144 valence electrons. The van der Waals surface area contributed by atoms with E-state index in [4.69, 9.17) is 31.9 Å². The van der Waals surface area contributed by atoms with Crippen molar-refractivity contribution in [3.05, 3.63) is 46.6 Å². The van der Waals surface area contributed by atoms with E-state index in [0.717, 1.165) is 6.07 Å². The highest BCUT2D eigenvalue weighted by Crippen LogP contribution is 2.39. The number of halogens is 5. The standard InChI is InChI=1S/C16H16ClF3N2O3.ClH/c1-24-13-4-2-3-9(5-11(21)8-23)14(13)25-15-12(17)6-10(7-22-15)16(18,19)20;/h2-4,6-7,11,23H,5,8,21H2,1H3;1H.